The number of pyridine rings is 1. The number of hydrogen-bond acceptors (Lipinski definition) is 4. The van der Waals surface area contributed by atoms with E-state index in [0.29, 0.717) is 19.6 Å². The van der Waals surface area contributed by atoms with Crippen molar-refractivity contribution in [3.63, 3.8) is 0 Å². The van der Waals surface area contributed by atoms with Crippen LogP contribution in [0, 0.1) is 0 Å². The fourth-order valence-electron chi connectivity index (χ4n) is 4.88. The molecule has 7 heteroatoms. The number of alkyl carbamates (subject to hydrolysis) is 1. The van der Waals surface area contributed by atoms with E-state index in [4.69, 9.17) is 16.3 Å². The molecule has 4 rings (SSSR count). The van der Waals surface area contributed by atoms with E-state index in [0.717, 1.165) is 52.4 Å². The third kappa shape index (κ3) is 5.95. The van der Waals surface area contributed by atoms with Crippen LogP contribution < -0.4 is 16.2 Å². The first-order chi connectivity index (χ1) is 17.0. The zero-order valence-electron chi connectivity index (χ0n) is 20.2. The molecule has 2 aromatic carbocycles. The summed E-state index contributed by atoms with van der Waals surface area (Å²) in [6.45, 7) is 4.36. The van der Waals surface area contributed by atoms with Gasteiger partial charge in [0.25, 0.3) is 5.56 Å². The van der Waals surface area contributed by atoms with Gasteiger partial charge >= 0.3 is 6.09 Å². The van der Waals surface area contributed by atoms with E-state index in [2.05, 4.69) is 34.9 Å². The number of benzene rings is 2. The Morgan fingerprint density at radius 1 is 1.17 bits per heavy atom. The lowest BCUT2D eigenvalue weighted by molar-refractivity contribution is 0.152. The normalized spacial score (nSPS) is 17.7. The molecule has 0 bridgehead atoms. The van der Waals surface area contributed by atoms with Crippen LogP contribution in [0.1, 0.15) is 41.9 Å². The Bertz CT molecular complexity index is 1240. The van der Waals surface area contributed by atoms with Gasteiger partial charge in [-0.3, -0.25) is 4.79 Å². The van der Waals surface area contributed by atoms with Crippen molar-refractivity contribution in [1.82, 2.24) is 15.2 Å². The Labute approximate surface area is 211 Å². The van der Waals surface area contributed by atoms with Crippen molar-refractivity contribution in [2.24, 2.45) is 7.05 Å². The van der Waals surface area contributed by atoms with Gasteiger partial charge in [0.05, 0.1) is 6.61 Å². The molecule has 0 spiro atoms. The molecule has 3 aromatic rings. The number of aryl methyl sites for hydroxylation is 1. The summed E-state index contributed by atoms with van der Waals surface area (Å²) in [5, 5.41) is 7.01. The van der Waals surface area contributed by atoms with Crippen LogP contribution in [0.4, 0.5) is 4.79 Å². The number of nitrogens with one attached hydrogen (secondary N) is 2. The number of rotatable bonds is 7. The molecule has 1 aliphatic rings. The summed E-state index contributed by atoms with van der Waals surface area (Å²) < 4.78 is 6.54. The van der Waals surface area contributed by atoms with E-state index in [-0.39, 0.29) is 17.4 Å². The van der Waals surface area contributed by atoms with Crippen molar-refractivity contribution in [2.45, 2.75) is 31.6 Å². The number of hydrogen-bond donors (Lipinski definition) is 2. The van der Waals surface area contributed by atoms with Crippen molar-refractivity contribution in [3.05, 3.63) is 92.9 Å². The summed E-state index contributed by atoms with van der Waals surface area (Å²) in [7, 11) is 1.77. The fraction of sp³-hybridized carbons (Fsp3) is 0.357. The molecule has 2 N–H and O–H groups in total. The highest BCUT2D eigenvalue weighted by molar-refractivity contribution is 6.31. The van der Waals surface area contributed by atoms with Crippen LogP contribution in [0.25, 0.3) is 11.1 Å². The second-order valence-electron chi connectivity index (χ2n) is 8.91. The molecule has 1 amide bonds. The lowest BCUT2D eigenvalue weighted by Crippen LogP contribution is -2.34. The monoisotopic (exact) mass is 493 g/mol. The minimum absolute atomic E-state index is 0.00952. The van der Waals surface area contributed by atoms with Crippen molar-refractivity contribution < 1.29 is 9.53 Å². The average Bonchev–Trinajstić information content (AvgIpc) is 2.86. The molecule has 35 heavy (non-hydrogen) atoms. The number of nitrogens with zero attached hydrogens (tertiary/aromatic N) is 1. The molecule has 6 nitrogen and oxygen atoms in total. The third-order valence-electron chi connectivity index (χ3n) is 6.71. The van der Waals surface area contributed by atoms with Gasteiger partial charge in [-0.05, 0) is 72.2 Å². The summed E-state index contributed by atoms with van der Waals surface area (Å²) in [5.74, 6) is 0.413. The first-order valence-corrected chi connectivity index (χ1v) is 12.5. The number of piperidine rings is 1. The van der Waals surface area contributed by atoms with Gasteiger partial charge in [-0.25, -0.2) is 4.79 Å². The molecular weight excluding hydrogens is 462 g/mol. The first kappa shape index (κ1) is 25.0. The quantitative estimate of drug-likeness (QED) is 0.493. The Balaban J connectivity index is 1.57. The second-order valence-corrected chi connectivity index (χ2v) is 9.31. The lowest BCUT2D eigenvalue weighted by atomic mass is 9.77. The largest absolute Gasteiger partial charge is 0.450 e. The predicted octanol–water partition coefficient (Wildman–Crippen LogP) is 4.86. The molecule has 0 radical (unpaired) electrons. The zero-order chi connectivity index (χ0) is 24.8. The maximum Gasteiger partial charge on any atom is 0.407 e. The highest BCUT2D eigenvalue weighted by Gasteiger charge is 2.29. The van der Waals surface area contributed by atoms with E-state index in [1.807, 2.05) is 30.5 Å². The Morgan fingerprint density at radius 3 is 2.77 bits per heavy atom. The molecule has 1 aromatic heterocycles. The maximum atomic E-state index is 12.3. The standard InChI is InChI=1S/C28H32ClN3O3/c1-3-35-28(34)31-14-10-19-6-4-5-7-22(19)20-8-9-24(26(29)16-20)25-18-30-13-11-23(25)21-12-15-32(2)27(33)17-21/h4-9,12,15-17,23,25,30H,3,10-11,13-14,18H2,1-2H3,(H,31,34)/t23-,25+/m0/s1. The van der Waals surface area contributed by atoms with Crippen LogP contribution in [0.2, 0.25) is 5.02 Å². The van der Waals surface area contributed by atoms with Gasteiger partial charge in [0, 0.05) is 43.3 Å². The average molecular weight is 494 g/mol. The van der Waals surface area contributed by atoms with E-state index >= 15 is 0 Å². The second kappa shape index (κ2) is 11.6. The first-order valence-electron chi connectivity index (χ1n) is 12.1. The molecule has 1 aliphatic heterocycles. The minimum atomic E-state index is -0.399. The number of amides is 1. The van der Waals surface area contributed by atoms with Gasteiger partial charge in [-0.1, -0.05) is 48.0 Å². The number of aromatic nitrogens is 1. The van der Waals surface area contributed by atoms with Crippen molar-refractivity contribution >= 4 is 17.7 Å². The van der Waals surface area contributed by atoms with Gasteiger partial charge in [-0.15, -0.1) is 0 Å². The molecule has 2 heterocycles. The summed E-state index contributed by atoms with van der Waals surface area (Å²) in [6.07, 6.45) is 3.08. The molecule has 1 saturated heterocycles. The van der Waals surface area contributed by atoms with E-state index in [1.165, 1.54) is 0 Å². The van der Waals surface area contributed by atoms with Gasteiger partial charge in [-0.2, -0.15) is 0 Å². The van der Waals surface area contributed by atoms with Crippen molar-refractivity contribution in [2.75, 3.05) is 26.2 Å². The van der Waals surface area contributed by atoms with Crippen LogP contribution in [-0.4, -0.2) is 36.9 Å². The number of halogens is 1. The summed E-state index contributed by atoms with van der Waals surface area (Å²) >= 11 is 6.89. The fourth-order valence-corrected chi connectivity index (χ4v) is 5.20. The molecule has 0 unspecified atom stereocenters. The lowest BCUT2D eigenvalue weighted by Gasteiger charge is -2.33. The van der Waals surface area contributed by atoms with Crippen LogP contribution in [0.15, 0.2) is 65.6 Å². The van der Waals surface area contributed by atoms with E-state index < -0.39 is 6.09 Å². The minimum Gasteiger partial charge on any atom is -0.450 e. The van der Waals surface area contributed by atoms with E-state index in [9.17, 15) is 9.59 Å². The van der Waals surface area contributed by atoms with Crippen LogP contribution >= 0.6 is 11.6 Å². The molecule has 2 atom stereocenters. The maximum absolute atomic E-state index is 12.3. The van der Waals surface area contributed by atoms with E-state index in [1.54, 1.807) is 24.6 Å². The molecule has 0 saturated carbocycles. The highest BCUT2D eigenvalue weighted by Crippen LogP contribution is 2.41. The Morgan fingerprint density at radius 2 is 2.00 bits per heavy atom. The summed E-state index contributed by atoms with van der Waals surface area (Å²) in [4.78, 5) is 23.9. The zero-order valence-corrected chi connectivity index (χ0v) is 21.0. The number of carbonyl (C=O) groups excluding carboxylic acids is 1. The SMILES string of the molecule is CCOC(=O)NCCc1ccccc1-c1ccc([C@@H]2CNCC[C@H]2c2ccn(C)c(=O)c2)c(Cl)c1. The molecule has 1 fully saturated rings. The van der Waals surface area contributed by atoms with Gasteiger partial charge < -0.3 is 19.9 Å². The molecular formula is C28H32ClN3O3. The number of carbonyl (C=O) groups is 1. The van der Waals surface area contributed by atoms with Crippen LogP contribution in [0.3, 0.4) is 0 Å². The summed E-state index contributed by atoms with van der Waals surface area (Å²) in [5.41, 5.74) is 5.44. The Kier molecular flexibility index (Phi) is 8.26. The van der Waals surface area contributed by atoms with Gasteiger partial charge in [0.1, 0.15) is 0 Å². The summed E-state index contributed by atoms with van der Waals surface area (Å²) in [6, 6.07) is 18.2. The molecule has 184 valence electrons. The number of ether oxygens (including phenoxy) is 1. The highest BCUT2D eigenvalue weighted by atomic mass is 35.5. The third-order valence-corrected chi connectivity index (χ3v) is 7.03. The van der Waals surface area contributed by atoms with Gasteiger partial charge in [0.15, 0.2) is 0 Å². The Hall–Kier alpha value is -3.09. The topological polar surface area (TPSA) is 72.4 Å². The van der Waals surface area contributed by atoms with Crippen LogP contribution in [-0.2, 0) is 18.2 Å². The van der Waals surface area contributed by atoms with Gasteiger partial charge in [0.2, 0.25) is 0 Å². The molecule has 0 aliphatic carbocycles. The van der Waals surface area contributed by atoms with Crippen molar-refractivity contribution in [1.29, 1.82) is 0 Å². The smallest absolute Gasteiger partial charge is 0.407 e. The van der Waals surface area contributed by atoms with Crippen LogP contribution in [0.5, 0.6) is 0 Å². The predicted molar refractivity (Wildman–Crippen MR) is 140 cm³/mol. The van der Waals surface area contributed by atoms with Crippen molar-refractivity contribution in [3.8, 4) is 11.1 Å².